The van der Waals surface area contributed by atoms with Crippen molar-refractivity contribution in [2.45, 2.75) is 98.7 Å². The summed E-state index contributed by atoms with van der Waals surface area (Å²) in [6.07, 6.45) is 37.1. The third-order valence-corrected chi connectivity index (χ3v) is 15.3. The molecule has 8 aliphatic carbocycles. The highest BCUT2D eigenvalue weighted by Crippen LogP contribution is 2.67. The first-order chi connectivity index (χ1) is 29.3. The normalized spacial score (nSPS) is 31.0. The van der Waals surface area contributed by atoms with E-state index in [0.29, 0.717) is 26.4 Å². The Bertz CT molecular complexity index is 1950. The van der Waals surface area contributed by atoms with E-state index in [1.54, 1.807) is 0 Å². The van der Waals surface area contributed by atoms with Gasteiger partial charge in [0.15, 0.2) is 0 Å². The van der Waals surface area contributed by atoms with E-state index >= 15 is 0 Å². The molecule has 4 aromatic carbocycles. The lowest BCUT2D eigenvalue weighted by Crippen LogP contribution is -2.55. The minimum absolute atomic E-state index is 0.285. The zero-order chi connectivity index (χ0) is 41.2. The largest absolute Gasteiger partial charge is 0.481 e. The van der Waals surface area contributed by atoms with Gasteiger partial charge >= 0.3 is 0 Å². The second-order valence-electron chi connectivity index (χ2n) is 19.1. The molecule has 304 valence electrons. The Morgan fingerprint density at radius 2 is 0.550 bits per heavy atom. The molecule has 8 bridgehead atoms. The summed E-state index contributed by atoms with van der Waals surface area (Å²) in [5.41, 5.74) is 7.04. The van der Waals surface area contributed by atoms with Crippen molar-refractivity contribution in [2.75, 3.05) is 26.4 Å². The van der Waals surface area contributed by atoms with Crippen molar-refractivity contribution in [1.82, 2.24) is 0 Å². The van der Waals surface area contributed by atoms with Crippen LogP contribution in [0.4, 0.5) is 0 Å². The lowest BCUT2D eigenvalue weighted by atomic mass is 9.42. The van der Waals surface area contributed by atoms with Crippen LogP contribution in [0.2, 0.25) is 0 Å². The molecule has 0 aromatic heterocycles. The molecule has 8 fully saturated rings. The fourth-order valence-electron chi connectivity index (χ4n) is 14.0. The first kappa shape index (κ1) is 39.8. The Morgan fingerprint density at radius 1 is 0.350 bits per heavy atom. The topological polar surface area (TPSA) is 36.9 Å². The molecule has 60 heavy (non-hydrogen) atoms. The van der Waals surface area contributed by atoms with Crippen LogP contribution < -0.4 is 18.9 Å². The summed E-state index contributed by atoms with van der Waals surface area (Å²) in [4.78, 5) is 0. The molecule has 0 heterocycles. The quantitative estimate of drug-likeness (QED) is 0.134. The zero-order valence-electron chi connectivity index (χ0n) is 34.8. The fourth-order valence-corrected chi connectivity index (χ4v) is 14.0. The number of ether oxygens (including phenoxy) is 4. The van der Waals surface area contributed by atoms with Gasteiger partial charge in [-0.3, -0.25) is 0 Å². The van der Waals surface area contributed by atoms with E-state index in [4.69, 9.17) is 44.6 Å². The van der Waals surface area contributed by atoms with E-state index in [2.05, 4.69) is 121 Å². The average Bonchev–Trinajstić information content (AvgIpc) is 3.26. The van der Waals surface area contributed by atoms with Crippen molar-refractivity contribution < 1.29 is 18.9 Å². The van der Waals surface area contributed by atoms with E-state index in [1.165, 1.54) is 99.3 Å². The number of rotatable bonds is 12. The molecule has 4 heteroatoms. The van der Waals surface area contributed by atoms with Gasteiger partial charge in [-0.1, -0.05) is 72.2 Å². The Hall–Kier alpha value is -5.68. The molecular weight excluding hydrogens is 737 g/mol. The molecule has 0 aliphatic heterocycles. The zero-order valence-corrected chi connectivity index (χ0v) is 34.8. The van der Waals surface area contributed by atoms with Gasteiger partial charge in [0.05, 0.1) is 0 Å². The number of terminal acetylenes is 4. The third kappa shape index (κ3) is 7.64. The van der Waals surface area contributed by atoms with Crippen molar-refractivity contribution in [1.29, 1.82) is 0 Å². The Balaban J connectivity index is 0.000000154. The Morgan fingerprint density at radius 3 is 0.733 bits per heavy atom. The smallest absolute Gasteiger partial charge is 0.148 e. The van der Waals surface area contributed by atoms with Crippen LogP contribution in [0.15, 0.2) is 97.1 Å². The third-order valence-electron chi connectivity index (χ3n) is 15.3. The lowest BCUT2D eigenvalue weighted by Gasteiger charge is -2.63. The van der Waals surface area contributed by atoms with Gasteiger partial charge in [0, 0.05) is 0 Å². The molecule has 4 nitrogen and oxygen atoms in total. The maximum Gasteiger partial charge on any atom is 0.148 e. The minimum atomic E-state index is 0.285. The highest BCUT2D eigenvalue weighted by molar-refractivity contribution is 5.43. The maximum absolute atomic E-state index is 5.60. The van der Waals surface area contributed by atoms with Crippen LogP contribution in [0.25, 0.3) is 0 Å². The summed E-state index contributed by atoms with van der Waals surface area (Å²) in [6, 6.07) is 35.0. The van der Waals surface area contributed by atoms with E-state index in [9.17, 15) is 0 Å². The van der Waals surface area contributed by atoms with Crippen LogP contribution in [0.3, 0.4) is 0 Å². The summed E-state index contributed by atoms with van der Waals surface area (Å²) in [5.74, 6) is 16.9. The van der Waals surface area contributed by atoms with Gasteiger partial charge in [-0.25, -0.2) is 0 Å². The van der Waals surface area contributed by atoms with Gasteiger partial charge in [0.1, 0.15) is 49.4 Å². The molecule has 0 spiro atoms. The van der Waals surface area contributed by atoms with E-state index in [1.807, 2.05) is 0 Å². The summed E-state index contributed by atoms with van der Waals surface area (Å²) in [6.45, 7) is 1.27. The lowest BCUT2D eigenvalue weighted by molar-refractivity contribution is -0.0283. The molecule has 8 aliphatic rings. The predicted octanol–water partition coefficient (Wildman–Crippen LogP) is 11.0. The van der Waals surface area contributed by atoms with E-state index < -0.39 is 0 Å². The van der Waals surface area contributed by atoms with E-state index in [0.717, 1.165) is 46.7 Å². The molecule has 0 unspecified atom stereocenters. The molecule has 12 rings (SSSR count). The maximum atomic E-state index is 5.60. The van der Waals surface area contributed by atoms with Crippen molar-refractivity contribution in [3.8, 4) is 72.4 Å². The Labute approximate surface area is 358 Å². The molecular formula is C56H56O4. The van der Waals surface area contributed by atoms with E-state index in [-0.39, 0.29) is 21.7 Å². The van der Waals surface area contributed by atoms with Crippen molar-refractivity contribution in [2.24, 2.45) is 23.7 Å². The van der Waals surface area contributed by atoms with Crippen LogP contribution in [0.1, 0.15) is 99.3 Å². The Kier molecular flexibility index (Phi) is 10.9. The first-order valence-corrected chi connectivity index (χ1v) is 22.0. The molecule has 0 saturated heterocycles. The number of hydrogen-bond acceptors (Lipinski definition) is 4. The summed E-state index contributed by atoms with van der Waals surface area (Å²) in [7, 11) is 0. The molecule has 0 N–H and O–H groups in total. The number of benzene rings is 4. The SMILES string of the molecule is C#CCOc1ccc(C23CC4CC(C2)CC(c2ccc(OCC#C)cc2)(C4)C3)cc1.C#CCOc1ccc(C23CC4CC(C2)CC(c2ccc(OCC#C)cc2)(C4)C3)cc1. The molecule has 8 saturated carbocycles. The van der Waals surface area contributed by atoms with Gasteiger partial charge in [-0.05, 0) is 193 Å². The van der Waals surface area contributed by atoms with Gasteiger partial charge in [0.25, 0.3) is 0 Å². The highest BCUT2D eigenvalue weighted by atomic mass is 16.5. The molecule has 0 radical (unpaired) electrons. The monoisotopic (exact) mass is 792 g/mol. The summed E-state index contributed by atoms with van der Waals surface area (Å²) in [5, 5.41) is 0. The van der Waals surface area contributed by atoms with Gasteiger partial charge < -0.3 is 18.9 Å². The van der Waals surface area contributed by atoms with Crippen LogP contribution in [0, 0.1) is 73.0 Å². The molecule has 0 amide bonds. The second-order valence-corrected chi connectivity index (χ2v) is 19.1. The highest BCUT2D eigenvalue weighted by Gasteiger charge is 2.60. The first-order valence-electron chi connectivity index (χ1n) is 22.0. The predicted molar refractivity (Wildman–Crippen MR) is 239 cm³/mol. The van der Waals surface area contributed by atoms with Crippen LogP contribution in [-0.2, 0) is 21.7 Å². The minimum Gasteiger partial charge on any atom is -0.481 e. The molecule has 4 aromatic rings. The van der Waals surface area contributed by atoms with Crippen molar-refractivity contribution in [3.63, 3.8) is 0 Å². The van der Waals surface area contributed by atoms with Crippen molar-refractivity contribution >= 4 is 0 Å². The summed E-state index contributed by atoms with van der Waals surface area (Å²) < 4.78 is 22.4. The number of hydrogen-bond donors (Lipinski definition) is 0. The van der Waals surface area contributed by atoms with Crippen LogP contribution in [0.5, 0.6) is 23.0 Å². The second kappa shape index (κ2) is 16.4. The fraction of sp³-hybridized carbons (Fsp3) is 0.429. The van der Waals surface area contributed by atoms with Crippen LogP contribution in [-0.4, -0.2) is 26.4 Å². The summed E-state index contributed by atoms with van der Waals surface area (Å²) >= 11 is 0. The van der Waals surface area contributed by atoms with Gasteiger partial charge in [-0.15, -0.1) is 25.7 Å². The van der Waals surface area contributed by atoms with Crippen molar-refractivity contribution in [3.05, 3.63) is 119 Å². The van der Waals surface area contributed by atoms with Gasteiger partial charge in [-0.2, -0.15) is 0 Å². The average molecular weight is 793 g/mol. The standard InChI is InChI=1S/2C28H28O2/c2*1-3-13-29-25-9-5-23(6-10-25)27-16-21-15-22(17-27)19-28(18-21,20-27)24-7-11-26(12-8-24)30-14-4-2/h2*1-2,5-12,21-22H,13-20H2. The van der Waals surface area contributed by atoms with Crippen LogP contribution >= 0.6 is 0 Å². The molecule has 0 atom stereocenters. The van der Waals surface area contributed by atoms with Gasteiger partial charge in [0.2, 0.25) is 0 Å².